The van der Waals surface area contributed by atoms with Gasteiger partial charge in [-0.05, 0) is 12.8 Å². The van der Waals surface area contributed by atoms with Gasteiger partial charge in [-0.25, -0.2) is 0 Å². The van der Waals surface area contributed by atoms with E-state index in [1.807, 2.05) is 5.01 Å². The van der Waals surface area contributed by atoms with Gasteiger partial charge in [0.15, 0.2) is 0 Å². The largest absolute Gasteiger partial charge is 0.295 e. The summed E-state index contributed by atoms with van der Waals surface area (Å²) in [5.41, 5.74) is 0. The van der Waals surface area contributed by atoms with Gasteiger partial charge in [0.05, 0.1) is 0 Å². The summed E-state index contributed by atoms with van der Waals surface area (Å²) >= 11 is 17.7. The Bertz CT molecular complexity index is 253. The topological polar surface area (TPSA) is 18.8 Å². The average Bonchev–Trinajstić information content (AvgIpc) is 2.67. The highest BCUT2D eigenvalue weighted by Gasteiger charge is 2.38. The van der Waals surface area contributed by atoms with Crippen LogP contribution in [0.2, 0.25) is 0 Å². The summed E-state index contributed by atoms with van der Waals surface area (Å²) in [6.45, 7) is 5.20. The monoisotopic (exact) mass is 299 g/mol. The van der Waals surface area contributed by atoms with Gasteiger partial charge in [0, 0.05) is 6.54 Å². The lowest BCUT2D eigenvalue weighted by atomic mass is 10.2. The molecule has 0 fully saturated rings. The Morgan fingerprint density at radius 3 is 2.41 bits per heavy atom. The molecule has 0 aromatic carbocycles. The summed E-state index contributed by atoms with van der Waals surface area (Å²) in [5, 5.41) is 6.33. The molecule has 0 spiro atoms. The predicted octanol–water partition coefficient (Wildman–Crippen LogP) is 4.19. The van der Waals surface area contributed by atoms with E-state index in [-0.39, 0.29) is 6.17 Å². The summed E-state index contributed by atoms with van der Waals surface area (Å²) in [4.78, 5) is 1.68. The van der Waals surface area contributed by atoms with Gasteiger partial charge in [-0.3, -0.25) is 9.91 Å². The molecule has 1 aliphatic rings. The maximum absolute atomic E-state index is 5.90. The molecule has 0 aromatic rings. The fraction of sp³-hybridized carbons (Fsp3) is 0.909. The molecule has 0 saturated heterocycles. The summed E-state index contributed by atoms with van der Waals surface area (Å²) in [6, 6.07) is 0. The number of halogens is 3. The first-order valence-corrected chi connectivity index (χ1v) is 7.30. The molecule has 6 heteroatoms. The average molecular weight is 301 g/mol. The van der Waals surface area contributed by atoms with Crippen LogP contribution in [0.3, 0.4) is 0 Å². The van der Waals surface area contributed by atoms with E-state index in [2.05, 4.69) is 18.9 Å². The van der Waals surface area contributed by atoms with Crippen LogP contribution in [0.5, 0.6) is 0 Å². The summed E-state index contributed by atoms with van der Waals surface area (Å²) < 4.78 is -1.41. The SMILES string of the molecule is CCCCCCN1N=CN(C(Cl)(Cl)Cl)C1CC. The fourth-order valence-electron chi connectivity index (χ4n) is 1.97. The van der Waals surface area contributed by atoms with Gasteiger partial charge < -0.3 is 0 Å². The van der Waals surface area contributed by atoms with Gasteiger partial charge in [0.2, 0.25) is 0 Å². The third-order valence-corrected chi connectivity index (χ3v) is 3.47. The second-order valence-corrected chi connectivity index (χ2v) is 6.44. The van der Waals surface area contributed by atoms with Crippen molar-refractivity contribution in [3.05, 3.63) is 0 Å². The Kier molecular flexibility index (Phi) is 6.18. The van der Waals surface area contributed by atoms with E-state index < -0.39 is 3.92 Å². The van der Waals surface area contributed by atoms with E-state index in [0.29, 0.717) is 0 Å². The predicted molar refractivity (Wildman–Crippen MR) is 75.5 cm³/mol. The minimum Gasteiger partial charge on any atom is -0.295 e. The van der Waals surface area contributed by atoms with Crippen molar-refractivity contribution in [3.8, 4) is 0 Å². The molecule has 0 aromatic heterocycles. The van der Waals surface area contributed by atoms with Gasteiger partial charge >= 0.3 is 0 Å². The fourth-order valence-corrected chi connectivity index (χ4v) is 2.44. The van der Waals surface area contributed by atoms with Crippen molar-refractivity contribution in [1.29, 1.82) is 0 Å². The summed E-state index contributed by atoms with van der Waals surface area (Å²) in [7, 11) is 0. The van der Waals surface area contributed by atoms with E-state index in [1.54, 1.807) is 11.2 Å². The molecule has 17 heavy (non-hydrogen) atoms. The molecule has 1 aliphatic heterocycles. The quantitative estimate of drug-likeness (QED) is 0.416. The lowest BCUT2D eigenvalue weighted by Gasteiger charge is -2.33. The summed E-state index contributed by atoms with van der Waals surface area (Å²) in [6.07, 6.45) is 7.43. The minimum atomic E-state index is -1.41. The summed E-state index contributed by atoms with van der Waals surface area (Å²) in [5.74, 6) is 0. The molecule has 1 atom stereocenters. The molecule has 0 aliphatic carbocycles. The first-order valence-electron chi connectivity index (χ1n) is 6.16. The number of hydrogen-bond donors (Lipinski definition) is 0. The maximum Gasteiger partial charge on any atom is 0.270 e. The van der Waals surface area contributed by atoms with E-state index in [9.17, 15) is 0 Å². The first kappa shape index (κ1) is 15.2. The number of hydrogen-bond acceptors (Lipinski definition) is 3. The maximum atomic E-state index is 5.90. The standard InChI is InChI=1S/C11H20Cl3N3/c1-3-5-6-7-8-17-10(4-2)16(9-15-17)11(12,13)14/h9-10H,3-8H2,1-2H3. The van der Waals surface area contributed by atoms with Crippen LogP contribution in [-0.4, -0.2) is 32.9 Å². The van der Waals surface area contributed by atoms with Gasteiger partial charge in [-0.2, -0.15) is 5.10 Å². The van der Waals surface area contributed by atoms with Crippen LogP contribution in [-0.2, 0) is 0 Å². The highest BCUT2D eigenvalue weighted by molar-refractivity contribution is 6.67. The molecule has 0 radical (unpaired) electrons. The highest BCUT2D eigenvalue weighted by Crippen LogP contribution is 2.35. The lowest BCUT2D eigenvalue weighted by molar-refractivity contribution is 0.123. The van der Waals surface area contributed by atoms with E-state index in [4.69, 9.17) is 34.8 Å². The van der Waals surface area contributed by atoms with E-state index in [1.165, 1.54) is 19.3 Å². The Hall–Kier alpha value is 0.140. The number of unbranched alkanes of at least 4 members (excludes halogenated alkanes) is 3. The van der Waals surface area contributed by atoms with Crippen molar-refractivity contribution in [2.45, 2.75) is 56.0 Å². The second kappa shape index (κ2) is 6.91. The number of rotatable bonds is 6. The van der Waals surface area contributed by atoms with Crippen LogP contribution in [0.1, 0.15) is 46.0 Å². The molecule has 1 unspecified atom stereocenters. The van der Waals surface area contributed by atoms with Gasteiger partial charge in [0.1, 0.15) is 12.5 Å². The molecular formula is C11H20Cl3N3. The van der Waals surface area contributed by atoms with Crippen LogP contribution in [0.15, 0.2) is 5.10 Å². The van der Waals surface area contributed by atoms with Crippen LogP contribution in [0.4, 0.5) is 0 Å². The Balaban J connectivity index is 2.45. The zero-order valence-electron chi connectivity index (χ0n) is 10.4. The van der Waals surface area contributed by atoms with Crippen molar-refractivity contribution in [3.63, 3.8) is 0 Å². The zero-order chi connectivity index (χ0) is 12.9. The van der Waals surface area contributed by atoms with Gasteiger partial charge in [-0.15, -0.1) is 0 Å². The molecule has 3 nitrogen and oxygen atoms in total. The smallest absolute Gasteiger partial charge is 0.270 e. The molecule has 100 valence electrons. The van der Waals surface area contributed by atoms with Crippen molar-refractivity contribution < 1.29 is 0 Å². The Morgan fingerprint density at radius 2 is 1.88 bits per heavy atom. The van der Waals surface area contributed by atoms with Gasteiger partial charge in [0.25, 0.3) is 3.92 Å². The van der Waals surface area contributed by atoms with Crippen LogP contribution in [0.25, 0.3) is 0 Å². The lowest BCUT2D eigenvalue weighted by Crippen LogP contribution is -2.45. The normalized spacial score (nSPS) is 20.4. The zero-order valence-corrected chi connectivity index (χ0v) is 12.6. The van der Waals surface area contributed by atoms with Crippen molar-refractivity contribution in [1.82, 2.24) is 9.91 Å². The van der Waals surface area contributed by atoms with E-state index in [0.717, 1.165) is 19.4 Å². The van der Waals surface area contributed by atoms with E-state index >= 15 is 0 Å². The molecule has 0 saturated carbocycles. The van der Waals surface area contributed by atoms with Gasteiger partial charge in [-0.1, -0.05) is 67.9 Å². The molecule has 1 rings (SSSR count). The Labute approximate surface area is 119 Å². The molecule has 0 N–H and O–H groups in total. The third kappa shape index (κ3) is 4.38. The number of alkyl halides is 3. The third-order valence-electron chi connectivity index (χ3n) is 2.89. The van der Waals surface area contributed by atoms with Crippen LogP contribution < -0.4 is 0 Å². The second-order valence-electron chi connectivity index (χ2n) is 4.22. The Morgan fingerprint density at radius 1 is 1.18 bits per heavy atom. The van der Waals surface area contributed by atoms with Crippen LogP contribution >= 0.6 is 34.8 Å². The number of nitrogens with zero attached hydrogens (tertiary/aromatic N) is 3. The van der Waals surface area contributed by atoms with Crippen molar-refractivity contribution in [2.75, 3.05) is 6.54 Å². The molecular weight excluding hydrogens is 281 g/mol. The minimum absolute atomic E-state index is 0.0594. The number of hydrazone groups is 1. The molecule has 1 heterocycles. The van der Waals surface area contributed by atoms with Crippen molar-refractivity contribution in [2.24, 2.45) is 5.10 Å². The molecule has 0 amide bonds. The first-order chi connectivity index (χ1) is 8.00. The van der Waals surface area contributed by atoms with Crippen molar-refractivity contribution >= 4 is 41.1 Å². The highest BCUT2D eigenvalue weighted by atomic mass is 35.6. The van der Waals surface area contributed by atoms with Crippen LogP contribution in [0, 0.1) is 0 Å². The molecule has 0 bridgehead atoms.